The van der Waals surface area contributed by atoms with Gasteiger partial charge in [0.25, 0.3) is 0 Å². The maximum Gasteiger partial charge on any atom is 0.196 e. The largest absolute Gasteiger partial charge is 0.361 e. The first-order chi connectivity index (χ1) is 9.28. The van der Waals surface area contributed by atoms with Gasteiger partial charge in [0.2, 0.25) is 0 Å². The molecule has 0 saturated carbocycles. The minimum absolute atomic E-state index is 0.662. The van der Waals surface area contributed by atoms with E-state index in [1.807, 2.05) is 30.1 Å². The topological polar surface area (TPSA) is 68.8 Å². The summed E-state index contributed by atoms with van der Waals surface area (Å²) in [6, 6.07) is 3.68. The summed E-state index contributed by atoms with van der Waals surface area (Å²) in [5.41, 5.74) is 3.70. The Hall–Kier alpha value is -2.37. The van der Waals surface area contributed by atoms with Gasteiger partial charge in [-0.25, -0.2) is 4.98 Å². The van der Waals surface area contributed by atoms with Gasteiger partial charge in [-0.2, -0.15) is 5.10 Å². The summed E-state index contributed by atoms with van der Waals surface area (Å²) in [6.45, 7) is 2.76. The van der Waals surface area contributed by atoms with Crippen LogP contribution in [0.1, 0.15) is 18.2 Å². The predicted octanol–water partition coefficient (Wildman–Crippen LogP) is 2.13. The lowest BCUT2D eigenvalue weighted by molar-refractivity contribution is 0.459. The van der Waals surface area contributed by atoms with Crippen molar-refractivity contribution in [3.05, 3.63) is 35.8 Å². The van der Waals surface area contributed by atoms with Gasteiger partial charge in [0.15, 0.2) is 16.9 Å². The van der Waals surface area contributed by atoms with Crippen LogP contribution in [0.5, 0.6) is 0 Å². The van der Waals surface area contributed by atoms with Crippen molar-refractivity contribution in [1.82, 2.24) is 19.9 Å². The van der Waals surface area contributed by atoms with E-state index in [0.717, 1.165) is 23.2 Å². The maximum absolute atomic E-state index is 5.20. The minimum Gasteiger partial charge on any atom is -0.361 e. The molecular formula is C13H15N5O. The molecule has 6 nitrogen and oxygen atoms in total. The van der Waals surface area contributed by atoms with E-state index in [1.54, 1.807) is 6.20 Å². The molecule has 3 aromatic heterocycles. The number of aryl methyl sites for hydroxylation is 2. The number of nitrogens with zero attached hydrogens (tertiary/aromatic N) is 4. The van der Waals surface area contributed by atoms with E-state index in [0.29, 0.717) is 17.9 Å². The zero-order valence-corrected chi connectivity index (χ0v) is 10.9. The molecule has 0 atom stereocenters. The Kier molecular flexibility index (Phi) is 2.91. The van der Waals surface area contributed by atoms with Gasteiger partial charge < -0.3 is 9.84 Å². The molecule has 19 heavy (non-hydrogen) atoms. The number of aromatic nitrogens is 4. The molecule has 3 heterocycles. The number of rotatable bonds is 4. The van der Waals surface area contributed by atoms with Crippen LogP contribution in [0.25, 0.3) is 11.1 Å². The first-order valence-corrected chi connectivity index (χ1v) is 6.23. The van der Waals surface area contributed by atoms with Gasteiger partial charge in [-0.15, -0.1) is 0 Å². The summed E-state index contributed by atoms with van der Waals surface area (Å²) in [5, 5.41) is 11.7. The fraction of sp³-hybridized carbons (Fsp3) is 0.308. The SMILES string of the molecule is CCc1nn(C)cc1CNc1noc2cccnc12. The minimum atomic E-state index is 0.662. The molecule has 0 spiro atoms. The van der Waals surface area contributed by atoms with Crippen molar-refractivity contribution in [2.75, 3.05) is 5.32 Å². The van der Waals surface area contributed by atoms with E-state index >= 15 is 0 Å². The van der Waals surface area contributed by atoms with Crippen molar-refractivity contribution in [2.45, 2.75) is 19.9 Å². The van der Waals surface area contributed by atoms with Crippen molar-refractivity contribution in [1.29, 1.82) is 0 Å². The smallest absolute Gasteiger partial charge is 0.196 e. The Morgan fingerprint density at radius 1 is 1.42 bits per heavy atom. The highest BCUT2D eigenvalue weighted by Gasteiger charge is 2.10. The molecule has 0 aliphatic heterocycles. The van der Waals surface area contributed by atoms with E-state index < -0.39 is 0 Å². The second-order valence-electron chi connectivity index (χ2n) is 4.36. The molecule has 6 heteroatoms. The summed E-state index contributed by atoms with van der Waals surface area (Å²) in [5.74, 6) is 0.668. The lowest BCUT2D eigenvalue weighted by Gasteiger charge is -2.01. The Labute approximate surface area is 110 Å². The Morgan fingerprint density at radius 3 is 3.16 bits per heavy atom. The highest BCUT2D eigenvalue weighted by Crippen LogP contribution is 2.20. The van der Waals surface area contributed by atoms with Crippen molar-refractivity contribution in [3.63, 3.8) is 0 Å². The second kappa shape index (κ2) is 4.72. The van der Waals surface area contributed by atoms with Crippen LogP contribution in [0.3, 0.4) is 0 Å². The van der Waals surface area contributed by atoms with Crippen LogP contribution in [0.15, 0.2) is 29.0 Å². The lowest BCUT2D eigenvalue weighted by Crippen LogP contribution is -2.01. The quantitative estimate of drug-likeness (QED) is 0.775. The molecule has 1 N–H and O–H groups in total. The summed E-state index contributed by atoms with van der Waals surface area (Å²) >= 11 is 0. The third-order valence-corrected chi connectivity index (χ3v) is 3.00. The average molecular weight is 257 g/mol. The molecule has 3 rings (SSSR count). The van der Waals surface area contributed by atoms with E-state index in [1.165, 1.54) is 0 Å². The van der Waals surface area contributed by atoms with Crippen LogP contribution < -0.4 is 5.32 Å². The van der Waals surface area contributed by atoms with E-state index in [9.17, 15) is 0 Å². The normalized spacial score (nSPS) is 11.1. The Balaban J connectivity index is 1.82. The standard InChI is InChI=1S/C13H15N5O/c1-3-10-9(8-18(2)16-10)7-15-13-12-11(19-17-13)5-4-6-14-12/h4-6,8H,3,7H2,1-2H3,(H,15,17). The zero-order chi connectivity index (χ0) is 13.2. The fourth-order valence-electron chi connectivity index (χ4n) is 2.10. The molecule has 0 aliphatic carbocycles. The number of pyridine rings is 1. The Morgan fingerprint density at radius 2 is 2.32 bits per heavy atom. The van der Waals surface area contributed by atoms with Crippen molar-refractivity contribution >= 4 is 16.9 Å². The molecule has 0 unspecified atom stereocenters. The summed E-state index contributed by atoms with van der Waals surface area (Å²) in [4.78, 5) is 4.26. The van der Waals surface area contributed by atoms with E-state index in [2.05, 4.69) is 27.5 Å². The molecule has 0 amide bonds. The monoisotopic (exact) mass is 257 g/mol. The molecule has 98 valence electrons. The highest BCUT2D eigenvalue weighted by atomic mass is 16.5. The third kappa shape index (κ3) is 2.16. The van der Waals surface area contributed by atoms with Crippen LogP contribution in [-0.4, -0.2) is 19.9 Å². The molecule has 3 aromatic rings. The number of fused-ring (bicyclic) bond motifs is 1. The lowest BCUT2D eigenvalue weighted by atomic mass is 10.2. The molecule has 0 saturated heterocycles. The van der Waals surface area contributed by atoms with Gasteiger partial charge in [0.1, 0.15) is 0 Å². The van der Waals surface area contributed by atoms with Crippen molar-refractivity contribution in [2.24, 2.45) is 7.05 Å². The molecule has 0 aliphatic rings. The van der Waals surface area contributed by atoms with Gasteiger partial charge in [-0.1, -0.05) is 12.1 Å². The second-order valence-corrected chi connectivity index (χ2v) is 4.36. The van der Waals surface area contributed by atoms with Crippen LogP contribution in [0, 0.1) is 0 Å². The van der Waals surface area contributed by atoms with Crippen LogP contribution in [-0.2, 0) is 20.0 Å². The summed E-state index contributed by atoms with van der Waals surface area (Å²) in [6.07, 6.45) is 4.66. The van der Waals surface area contributed by atoms with Crippen LogP contribution >= 0.6 is 0 Å². The number of hydrogen-bond donors (Lipinski definition) is 1. The fourth-order valence-corrected chi connectivity index (χ4v) is 2.10. The summed E-state index contributed by atoms with van der Waals surface area (Å²) in [7, 11) is 1.93. The maximum atomic E-state index is 5.20. The molecule has 0 aromatic carbocycles. The third-order valence-electron chi connectivity index (χ3n) is 3.00. The molecule has 0 bridgehead atoms. The molecule has 0 fully saturated rings. The summed E-state index contributed by atoms with van der Waals surface area (Å²) < 4.78 is 7.03. The molecule has 0 radical (unpaired) electrons. The van der Waals surface area contributed by atoms with Gasteiger partial charge in [0.05, 0.1) is 5.69 Å². The van der Waals surface area contributed by atoms with Crippen molar-refractivity contribution < 1.29 is 4.52 Å². The first kappa shape index (κ1) is 11.7. The van der Waals surface area contributed by atoms with Gasteiger partial charge >= 0.3 is 0 Å². The number of hydrogen-bond acceptors (Lipinski definition) is 5. The highest BCUT2D eigenvalue weighted by molar-refractivity contribution is 5.83. The first-order valence-electron chi connectivity index (χ1n) is 6.23. The van der Waals surface area contributed by atoms with Gasteiger partial charge in [-0.05, 0) is 18.6 Å². The average Bonchev–Trinajstić information content (AvgIpc) is 2.99. The van der Waals surface area contributed by atoms with E-state index in [4.69, 9.17) is 4.52 Å². The van der Waals surface area contributed by atoms with Gasteiger partial charge in [0, 0.05) is 31.5 Å². The number of anilines is 1. The van der Waals surface area contributed by atoms with Crippen LogP contribution in [0.2, 0.25) is 0 Å². The van der Waals surface area contributed by atoms with Crippen LogP contribution in [0.4, 0.5) is 5.82 Å². The van der Waals surface area contributed by atoms with E-state index in [-0.39, 0.29) is 0 Å². The Bertz CT molecular complexity index is 700. The van der Waals surface area contributed by atoms with Gasteiger partial charge in [-0.3, -0.25) is 4.68 Å². The zero-order valence-electron chi connectivity index (χ0n) is 10.9. The molecular weight excluding hydrogens is 242 g/mol. The predicted molar refractivity (Wildman–Crippen MR) is 71.7 cm³/mol. The number of nitrogens with one attached hydrogen (secondary N) is 1. The van der Waals surface area contributed by atoms with Crippen molar-refractivity contribution in [3.8, 4) is 0 Å².